The Morgan fingerprint density at radius 1 is 1.67 bits per heavy atom. The highest BCUT2D eigenvalue weighted by atomic mass is 79.9. The molecule has 0 radical (unpaired) electrons. The first kappa shape index (κ1) is 12.3. The van der Waals surface area contributed by atoms with Crippen molar-refractivity contribution in [1.29, 1.82) is 0 Å². The Morgan fingerprint density at radius 2 is 2.33 bits per heavy atom. The average molecular weight is 275 g/mol. The maximum atomic E-state index is 11.6. The van der Waals surface area contributed by atoms with Crippen LogP contribution in [-0.2, 0) is 0 Å². The number of rotatable bonds is 4. The maximum Gasteiger partial charge on any atom is 0.267 e. The van der Waals surface area contributed by atoms with Crippen LogP contribution in [0.25, 0.3) is 0 Å². The molecule has 0 bridgehead atoms. The number of aromatic nitrogens is 1. The lowest BCUT2D eigenvalue weighted by Gasteiger charge is -2.21. The molecule has 0 spiro atoms. The molecule has 0 aromatic carbocycles. The number of hydrogen-bond donors (Lipinski definition) is 3. The van der Waals surface area contributed by atoms with Crippen molar-refractivity contribution in [3.05, 3.63) is 22.4 Å². The number of H-pyrrole nitrogens is 1. The van der Waals surface area contributed by atoms with Gasteiger partial charge in [0.2, 0.25) is 0 Å². The molecule has 0 unspecified atom stereocenters. The van der Waals surface area contributed by atoms with Gasteiger partial charge < -0.3 is 15.4 Å². The van der Waals surface area contributed by atoms with E-state index in [-0.39, 0.29) is 17.9 Å². The van der Waals surface area contributed by atoms with E-state index in [1.807, 2.05) is 13.8 Å². The van der Waals surface area contributed by atoms with Crippen LogP contribution in [0.4, 0.5) is 0 Å². The molecule has 1 aromatic heterocycles. The minimum Gasteiger partial charge on any atom is -0.396 e. The highest BCUT2D eigenvalue weighted by molar-refractivity contribution is 9.10. The summed E-state index contributed by atoms with van der Waals surface area (Å²) in [6, 6.07) is 1.71. The molecule has 0 aliphatic carbocycles. The molecular weight excluding hydrogens is 260 g/mol. The van der Waals surface area contributed by atoms with Gasteiger partial charge >= 0.3 is 0 Å². The first-order valence-electron chi connectivity index (χ1n) is 4.67. The fraction of sp³-hybridized carbons (Fsp3) is 0.500. The number of aliphatic hydroxyl groups excluding tert-OH is 1. The Labute approximate surface area is 97.2 Å². The zero-order valence-corrected chi connectivity index (χ0v) is 10.4. The van der Waals surface area contributed by atoms with E-state index < -0.39 is 0 Å². The van der Waals surface area contributed by atoms with Crippen LogP contribution in [-0.4, -0.2) is 29.1 Å². The van der Waals surface area contributed by atoms with E-state index in [4.69, 9.17) is 5.11 Å². The van der Waals surface area contributed by atoms with Gasteiger partial charge in [0.1, 0.15) is 5.69 Å². The van der Waals surface area contributed by atoms with Crippen molar-refractivity contribution in [1.82, 2.24) is 10.3 Å². The largest absolute Gasteiger partial charge is 0.396 e. The second-order valence-electron chi connectivity index (χ2n) is 4.24. The first-order chi connectivity index (χ1) is 6.94. The molecule has 0 atom stereocenters. The molecule has 0 fully saturated rings. The summed E-state index contributed by atoms with van der Waals surface area (Å²) in [5.41, 5.74) is 0.218. The summed E-state index contributed by atoms with van der Waals surface area (Å²) in [5, 5.41) is 11.8. The van der Waals surface area contributed by atoms with Gasteiger partial charge in [0.15, 0.2) is 0 Å². The molecule has 1 aromatic rings. The van der Waals surface area contributed by atoms with E-state index in [0.717, 1.165) is 4.47 Å². The minimum absolute atomic E-state index is 0.0434. The highest BCUT2D eigenvalue weighted by Crippen LogP contribution is 2.13. The second-order valence-corrected chi connectivity index (χ2v) is 5.15. The van der Waals surface area contributed by atoms with Gasteiger partial charge in [-0.15, -0.1) is 0 Å². The monoisotopic (exact) mass is 274 g/mol. The third-order valence-electron chi connectivity index (χ3n) is 2.05. The average Bonchev–Trinajstić information content (AvgIpc) is 2.61. The quantitative estimate of drug-likeness (QED) is 0.780. The van der Waals surface area contributed by atoms with E-state index in [9.17, 15) is 4.79 Å². The van der Waals surface area contributed by atoms with Crippen molar-refractivity contribution in [3.8, 4) is 0 Å². The maximum absolute atomic E-state index is 11.6. The van der Waals surface area contributed by atoms with Crippen LogP contribution in [0.3, 0.4) is 0 Å². The summed E-state index contributed by atoms with van der Waals surface area (Å²) in [6.45, 7) is 4.26. The van der Waals surface area contributed by atoms with Gasteiger partial charge in [0.05, 0.1) is 0 Å². The van der Waals surface area contributed by atoms with E-state index in [1.54, 1.807) is 12.3 Å². The zero-order valence-electron chi connectivity index (χ0n) is 8.80. The van der Waals surface area contributed by atoms with E-state index in [0.29, 0.717) is 12.2 Å². The van der Waals surface area contributed by atoms with Gasteiger partial charge in [0, 0.05) is 29.2 Å². The lowest BCUT2D eigenvalue weighted by molar-refractivity contribution is 0.0906. The van der Waals surface area contributed by atoms with Gasteiger partial charge in [-0.3, -0.25) is 4.79 Å². The molecule has 0 aliphatic rings. The number of amides is 1. The number of halogens is 1. The number of hydrogen-bond acceptors (Lipinski definition) is 2. The molecular formula is C10H15BrN2O2. The molecule has 84 valence electrons. The van der Waals surface area contributed by atoms with Gasteiger partial charge in [0.25, 0.3) is 5.91 Å². The second kappa shape index (κ2) is 4.81. The molecule has 1 amide bonds. The van der Waals surface area contributed by atoms with Crippen molar-refractivity contribution < 1.29 is 9.90 Å². The predicted octanol–water partition coefficient (Wildman–Crippen LogP) is 1.53. The number of aliphatic hydroxyl groups is 1. The Morgan fingerprint density at radius 3 is 2.80 bits per heavy atom. The van der Waals surface area contributed by atoms with Crippen LogP contribution in [0.2, 0.25) is 0 Å². The summed E-state index contributed by atoms with van der Waals surface area (Å²) in [5.74, 6) is -0.165. The topological polar surface area (TPSA) is 65.1 Å². The molecule has 3 N–H and O–H groups in total. The third kappa shape index (κ3) is 3.68. The zero-order chi connectivity index (χ0) is 11.5. The van der Waals surface area contributed by atoms with Crippen LogP contribution in [0.15, 0.2) is 16.7 Å². The molecule has 1 rings (SSSR count). The smallest absolute Gasteiger partial charge is 0.267 e. The molecule has 0 aliphatic heterocycles. The fourth-order valence-corrected chi connectivity index (χ4v) is 1.31. The van der Waals surface area contributed by atoms with Gasteiger partial charge in [-0.05, 0) is 22.0 Å². The van der Waals surface area contributed by atoms with Crippen molar-refractivity contribution in [3.63, 3.8) is 0 Å². The fourth-order valence-electron chi connectivity index (χ4n) is 0.970. The summed E-state index contributed by atoms with van der Waals surface area (Å²) in [7, 11) is 0. The van der Waals surface area contributed by atoms with Crippen LogP contribution < -0.4 is 5.32 Å². The van der Waals surface area contributed by atoms with Crippen LogP contribution in [0, 0.1) is 5.41 Å². The number of carbonyl (C=O) groups is 1. The molecule has 15 heavy (non-hydrogen) atoms. The molecule has 4 nitrogen and oxygen atoms in total. The van der Waals surface area contributed by atoms with Gasteiger partial charge in [-0.2, -0.15) is 0 Å². The Balaban J connectivity index is 2.50. The molecule has 0 saturated heterocycles. The Kier molecular flexibility index (Phi) is 3.93. The molecule has 5 heteroatoms. The SMILES string of the molecule is CC(C)(CO)CNC(=O)c1cc(Br)c[nH]1. The lowest BCUT2D eigenvalue weighted by atomic mass is 9.95. The van der Waals surface area contributed by atoms with Crippen LogP contribution in [0.1, 0.15) is 24.3 Å². The third-order valence-corrected chi connectivity index (χ3v) is 2.51. The van der Waals surface area contributed by atoms with Crippen molar-refractivity contribution in [2.45, 2.75) is 13.8 Å². The summed E-state index contributed by atoms with van der Waals surface area (Å²) in [6.07, 6.45) is 1.70. The van der Waals surface area contributed by atoms with Crippen LogP contribution in [0.5, 0.6) is 0 Å². The van der Waals surface area contributed by atoms with E-state index >= 15 is 0 Å². The van der Waals surface area contributed by atoms with Gasteiger partial charge in [-0.1, -0.05) is 13.8 Å². The highest BCUT2D eigenvalue weighted by Gasteiger charge is 2.18. The van der Waals surface area contributed by atoms with Crippen LogP contribution >= 0.6 is 15.9 Å². The van der Waals surface area contributed by atoms with E-state index in [1.165, 1.54) is 0 Å². The Bertz CT molecular complexity index is 347. The van der Waals surface area contributed by atoms with Gasteiger partial charge in [-0.25, -0.2) is 0 Å². The van der Waals surface area contributed by atoms with Crippen molar-refractivity contribution in [2.75, 3.05) is 13.2 Å². The van der Waals surface area contributed by atoms with E-state index in [2.05, 4.69) is 26.2 Å². The first-order valence-corrected chi connectivity index (χ1v) is 5.47. The van der Waals surface area contributed by atoms with Crippen molar-refractivity contribution >= 4 is 21.8 Å². The minimum atomic E-state index is -0.292. The number of carbonyl (C=O) groups excluding carboxylic acids is 1. The number of nitrogens with one attached hydrogen (secondary N) is 2. The summed E-state index contributed by atoms with van der Waals surface area (Å²) < 4.78 is 0.842. The van der Waals surface area contributed by atoms with Crippen molar-refractivity contribution in [2.24, 2.45) is 5.41 Å². The standard InChI is InChI=1S/C10H15BrN2O2/c1-10(2,6-14)5-13-9(15)8-3-7(11)4-12-8/h3-4,12,14H,5-6H2,1-2H3,(H,13,15). The molecule has 1 heterocycles. The normalized spacial score (nSPS) is 11.5. The predicted molar refractivity (Wildman–Crippen MR) is 61.7 cm³/mol. The Hall–Kier alpha value is -0.810. The summed E-state index contributed by atoms with van der Waals surface area (Å²) >= 11 is 3.25. The lowest BCUT2D eigenvalue weighted by Crippen LogP contribution is -2.36. The number of aromatic amines is 1. The summed E-state index contributed by atoms with van der Waals surface area (Å²) in [4.78, 5) is 14.4. The molecule has 0 saturated carbocycles.